The molecule has 140 valence electrons. The van der Waals surface area contributed by atoms with E-state index in [2.05, 4.69) is 32.6 Å². The number of rotatable bonds is 7. The lowest BCUT2D eigenvalue weighted by Crippen LogP contribution is -2.25. The fourth-order valence-corrected chi connectivity index (χ4v) is 3.81. The van der Waals surface area contributed by atoms with Crippen molar-refractivity contribution < 1.29 is 4.39 Å². The van der Waals surface area contributed by atoms with Gasteiger partial charge in [0.15, 0.2) is 5.82 Å². The molecule has 0 bridgehead atoms. The fraction of sp³-hybridized carbons (Fsp3) is 0.381. The predicted molar refractivity (Wildman–Crippen MR) is 101 cm³/mol. The lowest BCUT2D eigenvalue weighted by atomic mass is 10.1. The van der Waals surface area contributed by atoms with Gasteiger partial charge in [-0.2, -0.15) is 0 Å². The van der Waals surface area contributed by atoms with Crippen molar-refractivity contribution in [2.45, 2.75) is 51.4 Å². The van der Waals surface area contributed by atoms with Crippen molar-refractivity contribution in [3.63, 3.8) is 0 Å². The van der Waals surface area contributed by atoms with Crippen molar-refractivity contribution in [3.05, 3.63) is 77.4 Å². The van der Waals surface area contributed by atoms with Crippen molar-refractivity contribution >= 4 is 0 Å². The van der Waals surface area contributed by atoms with Gasteiger partial charge in [0.25, 0.3) is 0 Å². The first-order valence-corrected chi connectivity index (χ1v) is 9.55. The highest BCUT2D eigenvalue weighted by atomic mass is 19.1. The van der Waals surface area contributed by atoms with Crippen molar-refractivity contribution in [1.82, 2.24) is 25.1 Å². The first-order chi connectivity index (χ1) is 13.3. The second kappa shape index (κ2) is 8.39. The van der Waals surface area contributed by atoms with Crippen LogP contribution in [-0.2, 0) is 19.6 Å². The zero-order chi connectivity index (χ0) is 18.5. The molecule has 4 rings (SSSR count). The van der Waals surface area contributed by atoms with Crippen LogP contribution in [0.1, 0.15) is 48.7 Å². The van der Waals surface area contributed by atoms with Gasteiger partial charge in [0, 0.05) is 13.1 Å². The molecule has 0 aliphatic heterocycles. The van der Waals surface area contributed by atoms with E-state index in [4.69, 9.17) is 0 Å². The summed E-state index contributed by atoms with van der Waals surface area (Å²) in [5.41, 5.74) is 2.31. The minimum Gasteiger partial charge on any atom is -0.287 e. The minimum absolute atomic E-state index is 0.210. The second-order valence-corrected chi connectivity index (χ2v) is 7.24. The van der Waals surface area contributed by atoms with Crippen LogP contribution < -0.4 is 0 Å². The standard InChI is InChI=1S/C21H24FN5/c22-19-12-10-18(11-13-19)15-26(14-17-6-2-1-3-7-17)16-21-23-24-25-27(21)20-8-4-5-9-20/h1-3,6-7,10-13,20H,4-5,8-9,14-16H2. The summed E-state index contributed by atoms with van der Waals surface area (Å²) < 4.78 is 15.3. The van der Waals surface area contributed by atoms with Gasteiger partial charge in [0.05, 0.1) is 12.6 Å². The van der Waals surface area contributed by atoms with Gasteiger partial charge in [-0.1, -0.05) is 55.3 Å². The Balaban J connectivity index is 1.54. The summed E-state index contributed by atoms with van der Waals surface area (Å²) in [6, 6.07) is 17.5. The third kappa shape index (κ3) is 4.57. The molecular weight excluding hydrogens is 341 g/mol. The second-order valence-electron chi connectivity index (χ2n) is 7.24. The highest BCUT2D eigenvalue weighted by Gasteiger charge is 2.22. The van der Waals surface area contributed by atoms with Gasteiger partial charge in [0.2, 0.25) is 0 Å². The number of hydrogen-bond donors (Lipinski definition) is 0. The zero-order valence-electron chi connectivity index (χ0n) is 15.3. The number of hydrogen-bond acceptors (Lipinski definition) is 4. The zero-order valence-corrected chi connectivity index (χ0v) is 15.3. The van der Waals surface area contributed by atoms with Crippen LogP contribution in [-0.4, -0.2) is 25.1 Å². The number of benzene rings is 2. The van der Waals surface area contributed by atoms with E-state index < -0.39 is 0 Å². The first-order valence-electron chi connectivity index (χ1n) is 9.55. The van der Waals surface area contributed by atoms with E-state index in [0.29, 0.717) is 19.1 Å². The maximum atomic E-state index is 13.3. The Morgan fingerprint density at radius 2 is 1.56 bits per heavy atom. The summed E-state index contributed by atoms with van der Waals surface area (Å²) in [7, 11) is 0. The van der Waals surface area contributed by atoms with Gasteiger partial charge in [-0.15, -0.1) is 5.10 Å². The summed E-state index contributed by atoms with van der Waals surface area (Å²) in [4.78, 5) is 2.31. The monoisotopic (exact) mass is 365 g/mol. The molecule has 3 aromatic rings. The summed E-state index contributed by atoms with van der Waals surface area (Å²) in [6.07, 6.45) is 4.78. The smallest absolute Gasteiger partial charge is 0.165 e. The van der Waals surface area contributed by atoms with Gasteiger partial charge < -0.3 is 0 Å². The largest absolute Gasteiger partial charge is 0.287 e. The summed E-state index contributed by atoms with van der Waals surface area (Å²) in [5.74, 6) is 0.693. The van der Waals surface area contributed by atoms with Crippen LogP contribution >= 0.6 is 0 Å². The van der Waals surface area contributed by atoms with Crippen LogP contribution in [0.5, 0.6) is 0 Å². The molecule has 0 unspecified atom stereocenters. The first kappa shape index (κ1) is 17.8. The molecule has 1 aliphatic carbocycles. The molecule has 0 spiro atoms. The van der Waals surface area contributed by atoms with Crippen LogP contribution in [0.15, 0.2) is 54.6 Å². The van der Waals surface area contributed by atoms with Crippen LogP contribution in [0.25, 0.3) is 0 Å². The van der Waals surface area contributed by atoms with Crippen LogP contribution in [0, 0.1) is 5.82 Å². The molecule has 1 fully saturated rings. The molecule has 6 heteroatoms. The highest BCUT2D eigenvalue weighted by molar-refractivity contribution is 5.18. The van der Waals surface area contributed by atoms with Crippen molar-refractivity contribution in [2.75, 3.05) is 0 Å². The van der Waals surface area contributed by atoms with E-state index in [1.54, 1.807) is 0 Å². The molecular formula is C21H24FN5. The van der Waals surface area contributed by atoms with Gasteiger partial charge in [-0.25, -0.2) is 9.07 Å². The molecule has 0 N–H and O–H groups in total. The summed E-state index contributed by atoms with van der Waals surface area (Å²) >= 11 is 0. The van der Waals surface area contributed by atoms with E-state index >= 15 is 0 Å². The van der Waals surface area contributed by atoms with E-state index in [1.807, 2.05) is 35.0 Å². The van der Waals surface area contributed by atoms with Crippen molar-refractivity contribution in [2.24, 2.45) is 0 Å². The maximum Gasteiger partial charge on any atom is 0.165 e. The van der Waals surface area contributed by atoms with E-state index in [-0.39, 0.29) is 5.82 Å². The summed E-state index contributed by atoms with van der Waals surface area (Å²) in [5, 5.41) is 12.5. The predicted octanol–water partition coefficient (Wildman–Crippen LogP) is 4.13. The third-order valence-electron chi connectivity index (χ3n) is 5.17. The molecule has 0 saturated heterocycles. The topological polar surface area (TPSA) is 46.8 Å². The molecule has 0 atom stereocenters. The SMILES string of the molecule is Fc1ccc(CN(Cc2ccccc2)Cc2nnnn2C2CCCC2)cc1. The van der Waals surface area contributed by atoms with Gasteiger partial charge in [0.1, 0.15) is 5.82 Å². The lowest BCUT2D eigenvalue weighted by molar-refractivity contribution is 0.232. The molecule has 1 aromatic heterocycles. The Hall–Kier alpha value is -2.60. The Morgan fingerprint density at radius 3 is 2.26 bits per heavy atom. The average molecular weight is 365 g/mol. The third-order valence-corrected chi connectivity index (χ3v) is 5.17. The van der Waals surface area contributed by atoms with E-state index in [0.717, 1.165) is 30.8 Å². The quantitative estimate of drug-likeness (QED) is 0.632. The van der Waals surface area contributed by atoms with Crippen LogP contribution in [0.4, 0.5) is 4.39 Å². The molecule has 1 heterocycles. The fourth-order valence-electron chi connectivity index (χ4n) is 3.81. The highest BCUT2D eigenvalue weighted by Crippen LogP contribution is 2.29. The summed E-state index contributed by atoms with van der Waals surface area (Å²) in [6.45, 7) is 2.16. The maximum absolute atomic E-state index is 13.3. The Bertz CT molecular complexity index is 841. The number of aromatic nitrogens is 4. The number of nitrogens with zero attached hydrogens (tertiary/aromatic N) is 5. The number of tetrazole rings is 1. The lowest BCUT2D eigenvalue weighted by Gasteiger charge is -2.23. The van der Waals surface area contributed by atoms with Crippen molar-refractivity contribution in [3.8, 4) is 0 Å². The Morgan fingerprint density at radius 1 is 0.889 bits per heavy atom. The number of halogens is 1. The Kier molecular flexibility index (Phi) is 5.53. The molecule has 0 radical (unpaired) electrons. The minimum atomic E-state index is -0.210. The van der Waals surface area contributed by atoms with E-state index in [1.165, 1.54) is 30.5 Å². The molecule has 1 saturated carbocycles. The van der Waals surface area contributed by atoms with Crippen LogP contribution in [0.2, 0.25) is 0 Å². The molecule has 2 aromatic carbocycles. The molecule has 27 heavy (non-hydrogen) atoms. The van der Waals surface area contributed by atoms with Gasteiger partial charge >= 0.3 is 0 Å². The molecule has 0 amide bonds. The van der Waals surface area contributed by atoms with Gasteiger partial charge in [-0.05, 0) is 46.5 Å². The van der Waals surface area contributed by atoms with Crippen molar-refractivity contribution in [1.29, 1.82) is 0 Å². The molecule has 1 aliphatic rings. The average Bonchev–Trinajstić information content (AvgIpc) is 3.36. The van der Waals surface area contributed by atoms with Crippen LogP contribution in [0.3, 0.4) is 0 Å². The Labute approximate surface area is 158 Å². The van der Waals surface area contributed by atoms with Gasteiger partial charge in [-0.3, -0.25) is 4.90 Å². The molecule has 5 nitrogen and oxygen atoms in total. The van der Waals surface area contributed by atoms with E-state index in [9.17, 15) is 4.39 Å². The normalized spacial score (nSPS) is 14.9.